The van der Waals surface area contributed by atoms with Crippen molar-refractivity contribution >= 4 is 46.4 Å². The monoisotopic (exact) mass is 439 g/mol. The van der Waals surface area contributed by atoms with E-state index in [1.165, 1.54) is 12.8 Å². The van der Waals surface area contributed by atoms with Gasteiger partial charge in [0.25, 0.3) is 0 Å². The Morgan fingerprint density at radius 2 is 2.23 bits per heavy atom. The Labute approximate surface area is 153 Å². The summed E-state index contributed by atoms with van der Waals surface area (Å²) in [4.78, 5) is 10.7. The Bertz CT molecular complexity index is 462. The van der Waals surface area contributed by atoms with Crippen molar-refractivity contribution in [2.45, 2.75) is 19.4 Å². The van der Waals surface area contributed by atoms with Crippen LogP contribution in [0.25, 0.3) is 0 Å². The van der Waals surface area contributed by atoms with E-state index >= 15 is 0 Å². The zero-order valence-corrected chi connectivity index (χ0v) is 16.6. The molecule has 126 valence electrons. The number of halogens is 1. The average Bonchev–Trinajstić information content (AvgIpc) is 3.17. The molecular weight excluding hydrogens is 413 g/mol. The number of rotatable bonds is 8. The van der Waals surface area contributed by atoms with Crippen molar-refractivity contribution in [2.24, 2.45) is 10.9 Å². The van der Waals surface area contributed by atoms with E-state index in [1.807, 2.05) is 19.0 Å². The summed E-state index contributed by atoms with van der Waals surface area (Å²) in [5, 5.41) is 9.58. The summed E-state index contributed by atoms with van der Waals surface area (Å²) in [5.41, 5.74) is 1.02. The van der Waals surface area contributed by atoms with Crippen LogP contribution in [-0.4, -0.2) is 51.8 Å². The van der Waals surface area contributed by atoms with E-state index in [0.29, 0.717) is 6.54 Å². The second kappa shape index (κ2) is 10.2. The maximum absolute atomic E-state index is 5.58. The third-order valence-electron chi connectivity index (χ3n) is 3.17. The number of nitrogens with zero attached hydrogens (tertiary/aromatic N) is 3. The zero-order valence-electron chi connectivity index (χ0n) is 13.5. The van der Waals surface area contributed by atoms with Crippen molar-refractivity contribution in [2.75, 3.05) is 45.8 Å². The fraction of sp³-hybridized carbons (Fsp3) is 0.714. The van der Waals surface area contributed by atoms with Gasteiger partial charge in [-0.05, 0) is 18.8 Å². The molecular formula is C14H26IN5OS. The molecule has 8 heteroatoms. The summed E-state index contributed by atoms with van der Waals surface area (Å²) in [6, 6.07) is 0. The molecule has 1 heterocycles. The maximum atomic E-state index is 5.58. The number of hydrogen-bond donors (Lipinski definition) is 2. The molecule has 2 rings (SSSR count). The lowest BCUT2D eigenvalue weighted by Crippen LogP contribution is -2.38. The van der Waals surface area contributed by atoms with E-state index in [4.69, 9.17) is 4.74 Å². The summed E-state index contributed by atoms with van der Waals surface area (Å²) in [6.07, 6.45) is 2.67. The minimum atomic E-state index is 0. The number of ether oxygens (including phenoxy) is 1. The summed E-state index contributed by atoms with van der Waals surface area (Å²) >= 11 is 1.64. The van der Waals surface area contributed by atoms with Gasteiger partial charge in [-0.15, -0.1) is 35.3 Å². The third kappa shape index (κ3) is 7.10. The quantitative estimate of drug-likeness (QED) is 0.281. The maximum Gasteiger partial charge on any atom is 0.191 e. The number of thiazole rings is 1. The van der Waals surface area contributed by atoms with Crippen LogP contribution >= 0.6 is 35.3 Å². The van der Waals surface area contributed by atoms with Gasteiger partial charge in [-0.2, -0.15) is 0 Å². The highest BCUT2D eigenvalue weighted by molar-refractivity contribution is 14.0. The van der Waals surface area contributed by atoms with Gasteiger partial charge in [0, 0.05) is 39.7 Å². The number of guanidine groups is 1. The smallest absolute Gasteiger partial charge is 0.191 e. The molecule has 22 heavy (non-hydrogen) atoms. The molecule has 6 nitrogen and oxygen atoms in total. The first-order chi connectivity index (χ1) is 10.2. The van der Waals surface area contributed by atoms with Gasteiger partial charge in [0.1, 0.15) is 0 Å². The Hall–Kier alpha value is -0.610. The molecule has 1 saturated carbocycles. The molecule has 0 atom stereocenters. The lowest BCUT2D eigenvalue weighted by atomic mass is 10.5. The van der Waals surface area contributed by atoms with Crippen molar-refractivity contribution in [3.8, 4) is 0 Å². The van der Waals surface area contributed by atoms with Crippen molar-refractivity contribution in [1.82, 2.24) is 15.6 Å². The van der Waals surface area contributed by atoms with Crippen molar-refractivity contribution in [1.29, 1.82) is 0 Å². The first-order valence-corrected chi connectivity index (χ1v) is 8.21. The molecule has 1 fully saturated rings. The minimum absolute atomic E-state index is 0. The van der Waals surface area contributed by atoms with Gasteiger partial charge >= 0.3 is 0 Å². The van der Waals surface area contributed by atoms with Gasteiger partial charge in [0.2, 0.25) is 0 Å². The summed E-state index contributed by atoms with van der Waals surface area (Å²) in [7, 11) is 5.77. The highest BCUT2D eigenvalue weighted by Gasteiger charge is 2.20. The fourth-order valence-electron chi connectivity index (χ4n) is 1.75. The van der Waals surface area contributed by atoms with Crippen molar-refractivity contribution in [3.63, 3.8) is 0 Å². The SMILES string of the molecule is CN=C(NCCOCC1CC1)NCc1csc(N(C)C)n1.I. The zero-order chi connectivity index (χ0) is 15.1. The first kappa shape index (κ1) is 19.4. The van der Waals surface area contributed by atoms with Gasteiger partial charge in [0.15, 0.2) is 11.1 Å². The number of anilines is 1. The summed E-state index contributed by atoms with van der Waals surface area (Å²) < 4.78 is 5.58. The van der Waals surface area contributed by atoms with Crippen LogP contribution in [-0.2, 0) is 11.3 Å². The van der Waals surface area contributed by atoms with Gasteiger partial charge < -0.3 is 20.3 Å². The van der Waals surface area contributed by atoms with E-state index in [-0.39, 0.29) is 24.0 Å². The van der Waals surface area contributed by atoms with Gasteiger partial charge in [0.05, 0.1) is 18.8 Å². The number of aromatic nitrogens is 1. The highest BCUT2D eigenvalue weighted by Crippen LogP contribution is 2.28. The van der Waals surface area contributed by atoms with Gasteiger partial charge in [-0.25, -0.2) is 4.98 Å². The van der Waals surface area contributed by atoms with Crippen LogP contribution in [0, 0.1) is 5.92 Å². The molecule has 0 radical (unpaired) electrons. The van der Waals surface area contributed by atoms with Crippen LogP contribution in [0.15, 0.2) is 10.4 Å². The Morgan fingerprint density at radius 3 is 2.82 bits per heavy atom. The number of aliphatic imine (C=N–C) groups is 1. The largest absolute Gasteiger partial charge is 0.379 e. The van der Waals surface area contributed by atoms with Crippen LogP contribution in [0.1, 0.15) is 18.5 Å². The van der Waals surface area contributed by atoms with E-state index in [2.05, 4.69) is 26.0 Å². The van der Waals surface area contributed by atoms with Crippen molar-refractivity contribution in [3.05, 3.63) is 11.1 Å². The Kier molecular flexibility index (Phi) is 9.03. The number of hydrogen-bond acceptors (Lipinski definition) is 5. The Morgan fingerprint density at radius 1 is 1.45 bits per heavy atom. The number of nitrogens with one attached hydrogen (secondary N) is 2. The molecule has 0 bridgehead atoms. The molecule has 0 spiro atoms. The molecule has 1 aromatic heterocycles. The predicted molar refractivity (Wildman–Crippen MR) is 104 cm³/mol. The molecule has 0 aliphatic heterocycles. The van der Waals surface area contributed by atoms with E-state index < -0.39 is 0 Å². The third-order valence-corrected chi connectivity index (χ3v) is 4.23. The molecule has 0 unspecified atom stereocenters. The first-order valence-electron chi connectivity index (χ1n) is 7.33. The summed E-state index contributed by atoms with van der Waals surface area (Å²) in [5.74, 6) is 1.60. The molecule has 2 N–H and O–H groups in total. The fourth-order valence-corrected chi connectivity index (χ4v) is 2.51. The second-order valence-electron chi connectivity index (χ2n) is 5.39. The lowest BCUT2D eigenvalue weighted by molar-refractivity contribution is 0.129. The van der Waals surface area contributed by atoms with E-state index in [0.717, 1.165) is 42.5 Å². The lowest BCUT2D eigenvalue weighted by Gasteiger charge is -2.11. The summed E-state index contributed by atoms with van der Waals surface area (Å²) in [6.45, 7) is 3.07. The molecule has 1 aliphatic carbocycles. The van der Waals surface area contributed by atoms with Crippen LogP contribution in [0.2, 0.25) is 0 Å². The van der Waals surface area contributed by atoms with Crippen LogP contribution in [0.5, 0.6) is 0 Å². The highest BCUT2D eigenvalue weighted by atomic mass is 127. The topological polar surface area (TPSA) is 61.8 Å². The van der Waals surface area contributed by atoms with Gasteiger partial charge in [-0.1, -0.05) is 0 Å². The van der Waals surface area contributed by atoms with Gasteiger partial charge in [-0.3, -0.25) is 4.99 Å². The van der Waals surface area contributed by atoms with Crippen LogP contribution < -0.4 is 15.5 Å². The Balaban J connectivity index is 0.00000242. The molecule has 1 aliphatic rings. The molecule has 0 aromatic carbocycles. The normalized spacial score (nSPS) is 14.4. The standard InChI is InChI=1S/C14H25N5OS.HI/c1-15-13(16-6-7-20-9-11-4-5-11)17-8-12-10-21-14(18-12)19(2)3;/h10-11H,4-9H2,1-3H3,(H2,15,16,17);1H. The van der Waals surface area contributed by atoms with Crippen LogP contribution in [0.4, 0.5) is 5.13 Å². The molecule has 0 saturated heterocycles. The molecule has 1 aromatic rings. The predicted octanol–water partition coefficient (Wildman–Crippen LogP) is 1.92. The van der Waals surface area contributed by atoms with E-state index in [9.17, 15) is 0 Å². The second-order valence-corrected chi connectivity index (χ2v) is 6.22. The van der Waals surface area contributed by atoms with Crippen molar-refractivity contribution < 1.29 is 4.74 Å². The minimum Gasteiger partial charge on any atom is -0.379 e. The average molecular weight is 439 g/mol. The van der Waals surface area contributed by atoms with E-state index in [1.54, 1.807) is 18.4 Å². The molecule has 0 amide bonds. The van der Waals surface area contributed by atoms with Crippen LogP contribution in [0.3, 0.4) is 0 Å².